The molecule has 0 heterocycles. The van der Waals surface area contributed by atoms with Crippen molar-refractivity contribution in [3.8, 4) is 0 Å². The Balaban J connectivity index is 1.92. The monoisotopic (exact) mass is 330 g/mol. The molecule has 0 aromatic heterocycles. The van der Waals surface area contributed by atoms with Gasteiger partial charge in [-0.25, -0.2) is 4.79 Å². The Morgan fingerprint density at radius 2 is 1.20 bits per heavy atom. The van der Waals surface area contributed by atoms with Crippen LogP contribution < -0.4 is 0 Å². The second-order valence-corrected chi connectivity index (χ2v) is 5.52. The first-order valence-electron chi connectivity index (χ1n) is 8.00. The number of hydrogen-bond donors (Lipinski definition) is 1. The zero-order valence-corrected chi connectivity index (χ0v) is 13.6. The standard InChI is InChI=1S/C22H18O3/c23-16-20(17-10-4-1-5-11-17)22(24)25-21(18-12-6-2-7-13-18)19-14-8-3-9-15-19/h1-16,21,23H. The van der Waals surface area contributed by atoms with Crippen LogP contribution >= 0.6 is 0 Å². The number of rotatable bonds is 5. The molecule has 124 valence electrons. The van der Waals surface area contributed by atoms with Gasteiger partial charge in [-0.2, -0.15) is 0 Å². The van der Waals surface area contributed by atoms with E-state index in [0.29, 0.717) is 5.56 Å². The second-order valence-electron chi connectivity index (χ2n) is 5.52. The van der Waals surface area contributed by atoms with E-state index in [9.17, 15) is 9.90 Å². The van der Waals surface area contributed by atoms with Crippen molar-refractivity contribution in [1.29, 1.82) is 0 Å². The molecule has 0 saturated heterocycles. The Labute approximate surface area is 146 Å². The molecule has 0 spiro atoms. The molecule has 0 radical (unpaired) electrons. The van der Waals surface area contributed by atoms with Crippen molar-refractivity contribution in [2.45, 2.75) is 6.10 Å². The lowest BCUT2D eigenvalue weighted by atomic mass is 10.0. The first-order valence-corrected chi connectivity index (χ1v) is 8.00. The molecular formula is C22H18O3. The van der Waals surface area contributed by atoms with Crippen LogP contribution in [0.1, 0.15) is 22.8 Å². The zero-order chi connectivity index (χ0) is 17.5. The van der Waals surface area contributed by atoms with Crippen LogP contribution in [0, 0.1) is 0 Å². The van der Waals surface area contributed by atoms with Crippen LogP contribution in [0.5, 0.6) is 0 Å². The summed E-state index contributed by atoms with van der Waals surface area (Å²) in [5.74, 6) is -0.577. The molecule has 0 unspecified atom stereocenters. The summed E-state index contributed by atoms with van der Waals surface area (Å²) >= 11 is 0. The Kier molecular flexibility index (Phi) is 5.27. The van der Waals surface area contributed by atoms with E-state index in [1.807, 2.05) is 66.7 Å². The largest absolute Gasteiger partial charge is 0.515 e. The number of aliphatic hydroxyl groups excluding tert-OH is 1. The highest BCUT2D eigenvalue weighted by atomic mass is 16.5. The summed E-state index contributed by atoms with van der Waals surface area (Å²) < 4.78 is 5.76. The van der Waals surface area contributed by atoms with Crippen LogP contribution in [0.15, 0.2) is 97.3 Å². The maximum Gasteiger partial charge on any atom is 0.342 e. The predicted molar refractivity (Wildman–Crippen MR) is 97.9 cm³/mol. The molecule has 1 N–H and O–H groups in total. The SMILES string of the molecule is O=C(OC(c1ccccc1)c1ccccc1)C(=CO)c1ccccc1. The number of carbonyl (C=O) groups is 1. The minimum Gasteiger partial charge on any atom is -0.515 e. The molecule has 0 atom stereocenters. The van der Waals surface area contributed by atoms with Crippen molar-refractivity contribution >= 4 is 11.5 Å². The quantitative estimate of drug-likeness (QED) is 0.410. The molecule has 3 nitrogen and oxygen atoms in total. The highest BCUT2D eigenvalue weighted by Gasteiger charge is 2.22. The van der Waals surface area contributed by atoms with Gasteiger partial charge in [-0.05, 0) is 16.7 Å². The van der Waals surface area contributed by atoms with Gasteiger partial charge in [0.1, 0.15) is 5.57 Å². The van der Waals surface area contributed by atoms with Gasteiger partial charge in [0.2, 0.25) is 0 Å². The predicted octanol–water partition coefficient (Wildman–Crippen LogP) is 4.92. The van der Waals surface area contributed by atoms with E-state index in [1.54, 1.807) is 24.3 Å². The zero-order valence-electron chi connectivity index (χ0n) is 13.6. The van der Waals surface area contributed by atoms with E-state index in [4.69, 9.17) is 4.74 Å². The van der Waals surface area contributed by atoms with E-state index < -0.39 is 12.1 Å². The normalized spacial score (nSPS) is 11.3. The Bertz CT molecular complexity index is 801. The highest BCUT2D eigenvalue weighted by Crippen LogP contribution is 2.28. The molecule has 3 rings (SSSR count). The van der Waals surface area contributed by atoms with Crippen molar-refractivity contribution in [2.75, 3.05) is 0 Å². The smallest absolute Gasteiger partial charge is 0.342 e. The molecule has 0 aliphatic carbocycles. The Morgan fingerprint density at radius 3 is 1.64 bits per heavy atom. The molecule has 0 amide bonds. The van der Waals surface area contributed by atoms with Crippen molar-refractivity contribution in [2.24, 2.45) is 0 Å². The first kappa shape index (κ1) is 16.5. The molecule has 0 saturated carbocycles. The Hall–Kier alpha value is -3.33. The fourth-order valence-corrected chi connectivity index (χ4v) is 2.62. The average Bonchev–Trinajstić information content (AvgIpc) is 2.69. The van der Waals surface area contributed by atoms with Crippen LogP contribution in [0.3, 0.4) is 0 Å². The minimum atomic E-state index is -0.577. The summed E-state index contributed by atoms with van der Waals surface area (Å²) in [5, 5.41) is 9.54. The molecule has 0 bridgehead atoms. The van der Waals surface area contributed by atoms with E-state index in [0.717, 1.165) is 17.4 Å². The third-order valence-electron chi connectivity index (χ3n) is 3.86. The van der Waals surface area contributed by atoms with Crippen molar-refractivity contribution in [3.63, 3.8) is 0 Å². The maximum absolute atomic E-state index is 12.7. The molecule has 3 heteroatoms. The van der Waals surface area contributed by atoms with Crippen molar-refractivity contribution < 1.29 is 14.6 Å². The van der Waals surface area contributed by atoms with E-state index in [2.05, 4.69) is 0 Å². The maximum atomic E-state index is 12.7. The van der Waals surface area contributed by atoms with E-state index in [-0.39, 0.29) is 5.57 Å². The molecule has 25 heavy (non-hydrogen) atoms. The highest BCUT2D eigenvalue weighted by molar-refractivity contribution is 6.16. The first-order chi connectivity index (χ1) is 12.3. The van der Waals surface area contributed by atoms with Gasteiger partial charge in [0.25, 0.3) is 0 Å². The van der Waals surface area contributed by atoms with Gasteiger partial charge < -0.3 is 9.84 Å². The summed E-state index contributed by atoms with van der Waals surface area (Å²) in [6.45, 7) is 0. The summed E-state index contributed by atoms with van der Waals surface area (Å²) in [5.41, 5.74) is 2.46. The van der Waals surface area contributed by atoms with Crippen LogP contribution in [-0.2, 0) is 9.53 Å². The molecule has 3 aromatic carbocycles. The fourth-order valence-electron chi connectivity index (χ4n) is 2.62. The Morgan fingerprint density at radius 1 is 0.760 bits per heavy atom. The lowest BCUT2D eigenvalue weighted by Gasteiger charge is -2.19. The second kappa shape index (κ2) is 7.97. The molecule has 0 fully saturated rings. The number of carbonyl (C=O) groups excluding carboxylic acids is 1. The lowest BCUT2D eigenvalue weighted by molar-refractivity contribution is -0.140. The molecule has 3 aromatic rings. The minimum absolute atomic E-state index is 0.123. The summed E-state index contributed by atoms with van der Waals surface area (Å²) in [4.78, 5) is 12.7. The number of esters is 1. The van der Waals surface area contributed by atoms with Crippen LogP contribution in [0.4, 0.5) is 0 Å². The van der Waals surface area contributed by atoms with E-state index in [1.165, 1.54) is 0 Å². The van der Waals surface area contributed by atoms with Gasteiger partial charge in [-0.15, -0.1) is 0 Å². The summed E-state index contributed by atoms with van der Waals surface area (Å²) in [6.07, 6.45) is 0.249. The lowest BCUT2D eigenvalue weighted by Crippen LogP contribution is -2.14. The molecular weight excluding hydrogens is 312 g/mol. The number of hydrogen-bond acceptors (Lipinski definition) is 3. The van der Waals surface area contributed by atoms with Gasteiger partial charge in [-0.1, -0.05) is 91.0 Å². The molecule has 0 aliphatic rings. The van der Waals surface area contributed by atoms with Crippen LogP contribution in [0.25, 0.3) is 5.57 Å². The van der Waals surface area contributed by atoms with Crippen LogP contribution in [0.2, 0.25) is 0 Å². The van der Waals surface area contributed by atoms with Gasteiger partial charge in [0.05, 0.1) is 6.26 Å². The van der Waals surface area contributed by atoms with Gasteiger partial charge >= 0.3 is 5.97 Å². The number of benzene rings is 3. The van der Waals surface area contributed by atoms with E-state index >= 15 is 0 Å². The fraction of sp³-hybridized carbons (Fsp3) is 0.0455. The summed E-state index contributed by atoms with van der Waals surface area (Å²) in [6, 6.07) is 28.0. The van der Waals surface area contributed by atoms with Gasteiger partial charge in [-0.3, -0.25) is 0 Å². The number of aliphatic hydroxyl groups is 1. The molecule has 0 aliphatic heterocycles. The third-order valence-corrected chi connectivity index (χ3v) is 3.86. The topological polar surface area (TPSA) is 46.5 Å². The number of ether oxygens (including phenoxy) is 1. The van der Waals surface area contributed by atoms with Crippen LogP contribution in [-0.4, -0.2) is 11.1 Å². The average molecular weight is 330 g/mol. The van der Waals surface area contributed by atoms with Crippen molar-refractivity contribution in [1.82, 2.24) is 0 Å². The third kappa shape index (κ3) is 3.96. The van der Waals surface area contributed by atoms with Gasteiger partial charge in [0, 0.05) is 0 Å². The summed E-state index contributed by atoms with van der Waals surface area (Å²) in [7, 11) is 0. The van der Waals surface area contributed by atoms with Crippen molar-refractivity contribution in [3.05, 3.63) is 114 Å². The van der Waals surface area contributed by atoms with Gasteiger partial charge in [0.15, 0.2) is 6.10 Å².